The van der Waals surface area contributed by atoms with Crippen LogP contribution in [0.15, 0.2) is 53.1 Å². The van der Waals surface area contributed by atoms with Crippen molar-refractivity contribution in [2.45, 2.75) is 18.9 Å². The molecule has 1 heterocycles. The number of halogens is 7. The van der Waals surface area contributed by atoms with Crippen LogP contribution in [0.1, 0.15) is 27.2 Å². The van der Waals surface area contributed by atoms with Crippen molar-refractivity contribution in [2.75, 3.05) is 0 Å². The molecule has 3 aromatic rings. The van der Waals surface area contributed by atoms with Crippen LogP contribution >= 0.6 is 0 Å². The van der Waals surface area contributed by atoms with Crippen LogP contribution < -0.4 is 5.32 Å². The number of nitrogens with one attached hydrogen (secondary N) is 1. The first kappa shape index (κ1) is 21.3. The van der Waals surface area contributed by atoms with Crippen molar-refractivity contribution < 1.29 is 40.1 Å². The molecule has 0 aliphatic rings. The van der Waals surface area contributed by atoms with E-state index in [1.165, 1.54) is 24.3 Å². The summed E-state index contributed by atoms with van der Waals surface area (Å²) >= 11 is 0. The number of hydrogen-bond donors (Lipinski definition) is 1. The molecule has 1 amide bonds. The summed E-state index contributed by atoms with van der Waals surface area (Å²) < 4.78 is 96.1. The molecule has 3 rings (SSSR count). The first-order valence-electron chi connectivity index (χ1n) is 8.23. The lowest BCUT2D eigenvalue weighted by Gasteiger charge is -2.14. The Morgan fingerprint density at radius 3 is 2.10 bits per heavy atom. The molecular formula is C19H11F7N2O2. The molecule has 2 aromatic carbocycles. The van der Waals surface area contributed by atoms with Gasteiger partial charge in [0.05, 0.1) is 23.2 Å². The maximum Gasteiger partial charge on any atom is 0.416 e. The first-order valence-corrected chi connectivity index (χ1v) is 8.23. The van der Waals surface area contributed by atoms with Crippen molar-refractivity contribution in [3.8, 4) is 11.3 Å². The minimum Gasteiger partial charge on any atom is -0.356 e. The van der Waals surface area contributed by atoms with E-state index in [1.807, 2.05) is 0 Å². The Morgan fingerprint density at radius 1 is 0.933 bits per heavy atom. The van der Waals surface area contributed by atoms with E-state index in [9.17, 15) is 35.5 Å². The molecule has 0 atom stereocenters. The van der Waals surface area contributed by atoms with Crippen LogP contribution in [0.2, 0.25) is 0 Å². The number of hydrogen-bond acceptors (Lipinski definition) is 3. The van der Waals surface area contributed by atoms with Crippen LogP contribution in [-0.4, -0.2) is 11.1 Å². The second kappa shape index (κ2) is 7.81. The zero-order chi connectivity index (χ0) is 22.1. The van der Waals surface area contributed by atoms with Crippen LogP contribution in [0, 0.1) is 5.82 Å². The molecule has 4 nitrogen and oxygen atoms in total. The highest BCUT2D eigenvalue weighted by Crippen LogP contribution is 2.36. The second-order valence-corrected chi connectivity index (χ2v) is 6.14. The summed E-state index contributed by atoms with van der Waals surface area (Å²) in [7, 11) is 0. The molecule has 0 aliphatic carbocycles. The Bertz CT molecular complexity index is 1040. The molecule has 0 fully saturated rings. The number of rotatable bonds is 4. The van der Waals surface area contributed by atoms with Crippen molar-refractivity contribution in [1.82, 2.24) is 10.5 Å². The molecule has 0 spiro atoms. The van der Waals surface area contributed by atoms with Crippen LogP contribution in [0.3, 0.4) is 0 Å². The Hall–Kier alpha value is -3.37. The van der Waals surface area contributed by atoms with Gasteiger partial charge in [-0.2, -0.15) is 26.3 Å². The maximum atomic E-state index is 13.7. The van der Waals surface area contributed by atoms with Gasteiger partial charge in [0.2, 0.25) is 0 Å². The Morgan fingerprint density at radius 2 is 1.53 bits per heavy atom. The zero-order valence-corrected chi connectivity index (χ0v) is 14.7. The highest BCUT2D eigenvalue weighted by Gasteiger charge is 2.37. The fourth-order valence-electron chi connectivity index (χ4n) is 2.54. The third-order valence-electron chi connectivity index (χ3n) is 3.98. The number of benzene rings is 2. The zero-order valence-electron chi connectivity index (χ0n) is 14.7. The third-order valence-corrected chi connectivity index (χ3v) is 3.98. The third kappa shape index (κ3) is 4.78. The van der Waals surface area contributed by atoms with E-state index >= 15 is 0 Å². The molecule has 1 aromatic heterocycles. The molecule has 158 valence electrons. The van der Waals surface area contributed by atoms with E-state index in [0.717, 1.165) is 0 Å². The van der Waals surface area contributed by atoms with Crippen LogP contribution in [-0.2, 0) is 18.9 Å². The van der Waals surface area contributed by atoms with E-state index in [-0.39, 0.29) is 29.6 Å². The molecule has 11 heteroatoms. The van der Waals surface area contributed by atoms with Crippen molar-refractivity contribution >= 4 is 5.91 Å². The molecule has 0 aliphatic heterocycles. The summed E-state index contributed by atoms with van der Waals surface area (Å²) in [6, 6.07) is 7.46. The van der Waals surface area contributed by atoms with Crippen molar-refractivity contribution in [3.63, 3.8) is 0 Å². The summed E-state index contributed by atoms with van der Waals surface area (Å²) in [5.74, 6) is -1.73. The van der Waals surface area contributed by atoms with E-state index in [1.54, 1.807) is 6.07 Å². The van der Waals surface area contributed by atoms with Crippen molar-refractivity contribution in [3.05, 3.63) is 76.7 Å². The van der Waals surface area contributed by atoms with Crippen LogP contribution in [0.4, 0.5) is 30.7 Å². The fourth-order valence-corrected chi connectivity index (χ4v) is 2.54. The van der Waals surface area contributed by atoms with E-state index in [0.29, 0.717) is 12.1 Å². The lowest BCUT2D eigenvalue weighted by atomic mass is 10.0. The van der Waals surface area contributed by atoms with Gasteiger partial charge in [0.1, 0.15) is 11.5 Å². The lowest BCUT2D eigenvalue weighted by molar-refractivity contribution is -0.143. The SMILES string of the molecule is O=C(NCc1cc(-c2ccccc2F)on1)c1cc(C(F)(F)F)cc(C(F)(F)F)c1. The maximum absolute atomic E-state index is 13.7. The van der Waals surface area contributed by atoms with Gasteiger partial charge in [-0.1, -0.05) is 17.3 Å². The predicted molar refractivity (Wildman–Crippen MR) is 89.5 cm³/mol. The molecular weight excluding hydrogens is 421 g/mol. The standard InChI is InChI=1S/C19H11F7N2O2/c20-15-4-2-1-3-14(15)16-8-13(28-30-16)9-27-17(29)10-5-11(18(21,22)23)7-12(6-10)19(24,25)26/h1-8H,9H2,(H,27,29). The molecule has 0 saturated carbocycles. The van der Waals surface area contributed by atoms with Gasteiger partial charge in [-0.3, -0.25) is 4.79 Å². The van der Waals surface area contributed by atoms with Crippen molar-refractivity contribution in [2.24, 2.45) is 0 Å². The van der Waals surface area contributed by atoms with Crippen molar-refractivity contribution in [1.29, 1.82) is 0 Å². The smallest absolute Gasteiger partial charge is 0.356 e. The first-order chi connectivity index (χ1) is 13.9. The normalized spacial score (nSPS) is 12.1. The van der Waals surface area contributed by atoms with Crippen LogP contribution in [0.5, 0.6) is 0 Å². The molecule has 1 N–H and O–H groups in total. The number of amides is 1. The average Bonchev–Trinajstić information content (AvgIpc) is 3.13. The number of carbonyl (C=O) groups excluding carboxylic acids is 1. The molecule has 0 saturated heterocycles. The summed E-state index contributed by atoms with van der Waals surface area (Å²) in [4.78, 5) is 12.1. The monoisotopic (exact) mass is 432 g/mol. The van der Waals surface area contributed by atoms with Gasteiger partial charge >= 0.3 is 12.4 Å². The summed E-state index contributed by atoms with van der Waals surface area (Å²) in [5.41, 5.74) is -3.86. The summed E-state index contributed by atoms with van der Waals surface area (Å²) in [6.07, 6.45) is -10.1. The van der Waals surface area contributed by atoms with Gasteiger partial charge in [0.25, 0.3) is 5.91 Å². The second-order valence-electron chi connectivity index (χ2n) is 6.14. The Kier molecular flexibility index (Phi) is 5.55. The van der Waals surface area contributed by atoms with Gasteiger partial charge in [-0.05, 0) is 30.3 Å². The average molecular weight is 432 g/mol. The van der Waals surface area contributed by atoms with Gasteiger partial charge < -0.3 is 9.84 Å². The van der Waals surface area contributed by atoms with Gasteiger partial charge in [0, 0.05) is 11.6 Å². The quantitative estimate of drug-likeness (QED) is 0.558. The minimum atomic E-state index is -5.07. The van der Waals surface area contributed by atoms with Gasteiger partial charge in [0.15, 0.2) is 5.76 Å². The number of alkyl halides is 6. The molecule has 0 radical (unpaired) electrons. The predicted octanol–water partition coefficient (Wildman–Crippen LogP) is 5.45. The molecule has 30 heavy (non-hydrogen) atoms. The number of carbonyl (C=O) groups is 1. The number of nitrogens with zero attached hydrogens (tertiary/aromatic N) is 1. The van der Waals surface area contributed by atoms with Crippen LogP contribution in [0.25, 0.3) is 11.3 Å². The largest absolute Gasteiger partial charge is 0.416 e. The highest BCUT2D eigenvalue weighted by molar-refractivity contribution is 5.94. The van der Waals surface area contributed by atoms with Gasteiger partial charge in [-0.15, -0.1) is 0 Å². The topological polar surface area (TPSA) is 55.1 Å². The molecule has 0 bridgehead atoms. The van der Waals surface area contributed by atoms with E-state index in [2.05, 4.69) is 10.5 Å². The minimum absolute atomic E-state index is 0.0378. The van der Waals surface area contributed by atoms with E-state index in [4.69, 9.17) is 4.52 Å². The molecule has 0 unspecified atom stereocenters. The lowest BCUT2D eigenvalue weighted by Crippen LogP contribution is -2.24. The fraction of sp³-hybridized carbons (Fsp3) is 0.158. The Balaban J connectivity index is 1.79. The van der Waals surface area contributed by atoms with Gasteiger partial charge in [-0.25, -0.2) is 4.39 Å². The highest BCUT2D eigenvalue weighted by atomic mass is 19.4. The number of aromatic nitrogens is 1. The summed E-state index contributed by atoms with van der Waals surface area (Å²) in [6.45, 7) is -0.367. The van der Waals surface area contributed by atoms with E-state index < -0.39 is 40.8 Å². The Labute approximate surface area is 164 Å². The summed E-state index contributed by atoms with van der Waals surface area (Å²) in [5, 5.41) is 5.76.